The van der Waals surface area contributed by atoms with E-state index in [4.69, 9.17) is 4.74 Å². The molecule has 2 saturated carbocycles. The minimum Gasteiger partial charge on any atom is -0.460 e. The number of rotatable bonds is 4. The van der Waals surface area contributed by atoms with Gasteiger partial charge in [-0.3, -0.25) is 0 Å². The molecular formula is C16H24N4O2. The van der Waals surface area contributed by atoms with E-state index in [1.807, 2.05) is 0 Å². The van der Waals surface area contributed by atoms with Gasteiger partial charge in [-0.1, -0.05) is 12.8 Å². The summed E-state index contributed by atoms with van der Waals surface area (Å²) in [4.78, 5) is 20.1. The molecule has 2 amide bonds. The maximum absolute atomic E-state index is 12.0. The maximum atomic E-state index is 12.0. The first-order chi connectivity index (χ1) is 10.8. The molecule has 2 N–H and O–H groups in total. The van der Waals surface area contributed by atoms with Crippen LogP contribution in [-0.4, -0.2) is 34.2 Å². The second-order valence-corrected chi connectivity index (χ2v) is 6.22. The summed E-state index contributed by atoms with van der Waals surface area (Å²) in [7, 11) is 0. The molecule has 1 heterocycles. The van der Waals surface area contributed by atoms with Crippen LogP contribution < -0.4 is 15.4 Å². The van der Waals surface area contributed by atoms with Crippen LogP contribution in [0.5, 0.6) is 6.01 Å². The Morgan fingerprint density at radius 3 is 2.18 bits per heavy atom. The first-order valence-electron chi connectivity index (χ1n) is 8.30. The van der Waals surface area contributed by atoms with Gasteiger partial charge in [0, 0.05) is 24.5 Å². The van der Waals surface area contributed by atoms with Crippen LogP contribution in [0.3, 0.4) is 0 Å². The number of nitrogens with zero attached hydrogens (tertiary/aromatic N) is 2. The Morgan fingerprint density at radius 2 is 1.55 bits per heavy atom. The lowest BCUT2D eigenvalue weighted by atomic mass is 9.93. The van der Waals surface area contributed by atoms with Crippen LogP contribution in [0.15, 0.2) is 18.5 Å². The lowest BCUT2D eigenvalue weighted by Crippen LogP contribution is -2.47. The topological polar surface area (TPSA) is 76.1 Å². The van der Waals surface area contributed by atoms with E-state index in [1.54, 1.807) is 18.5 Å². The lowest BCUT2D eigenvalue weighted by Gasteiger charge is -2.29. The Bertz CT molecular complexity index is 468. The van der Waals surface area contributed by atoms with Crippen molar-refractivity contribution < 1.29 is 9.53 Å². The van der Waals surface area contributed by atoms with E-state index in [-0.39, 0.29) is 18.2 Å². The summed E-state index contributed by atoms with van der Waals surface area (Å²) >= 11 is 0. The quantitative estimate of drug-likeness (QED) is 0.895. The van der Waals surface area contributed by atoms with Crippen molar-refractivity contribution in [3.63, 3.8) is 0 Å². The fourth-order valence-corrected chi connectivity index (χ4v) is 3.30. The van der Waals surface area contributed by atoms with Crippen LogP contribution in [0.2, 0.25) is 0 Å². The van der Waals surface area contributed by atoms with Gasteiger partial charge >= 0.3 is 12.0 Å². The van der Waals surface area contributed by atoms with Gasteiger partial charge in [0.05, 0.1) is 0 Å². The summed E-state index contributed by atoms with van der Waals surface area (Å²) in [6.07, 6.45) is 11.9. The summed E-state index contributed by atoms with van der Waals surface area (Å²) in [5.41, 5.74) is 0. The number of carbonyl (C=O) groups is 1. The lowest BCUT2D eigenvalue weighted by molar-refractivity contribution is 0.128. The molecule has 0 bridgehead atoms. The molecule has 2 fully saturated rings. The Labute approximate surface area is 131 Å². The Hall–Kier alpha value is -1.85. The van der Waals surface area contributed by atoms with Crippen LogP contribution >= 0.6 is 0 Å². The number of urea groups is 1. The summed E-state index contributed by atoms with van der Waals surface area (Å²) < 4.78 is 5.77. The van der Waals surface area contributed by atoms with Crippen molar-refractivity contribution in [3.8, 4) is 6.01 Å². The van der Waals surface area contributed by atoms with E-state index >= 15 is 0 Å². The van der Waals surface area contributed by atoms with Gasteiger partial charge < -0.3 is 15.4 Å². The van der Waals surface area contributed by atoms with Crippen LogP contribution in [0.4, 0.5) is 4.79 Å². The van der Waals surface area contributed by atoms with E-state index in [1.165, 1.54) is 12.8 Å². The van der Waals surface area contributed by atoms with Crippen LogP contribution in [0.1, 0.15) is 51.4 Å². The largest absolute Gasteiger partial charge is 0.460 e. The van der Waals surface area contributed by atoms with Gasteiger partial charge in [-0.15, -0.1) is 0 Å². The molecule has 0 atom stereocenters. The molecule has 0 aromatic carbocycles. The first kappa shape index (κ1) is 15.1. The van der Waals surface area contributed by atoms with Gasteiger partial charge in [-0.2, -0.15) is 0 Å². The van der Waals surface area contributed by atoms with Gasteiger partial charge in [-0.25, -0.2) is 14.8 Å². The minimum atomic E-state index is -0.0114. The standard InChI is InChI=1S/C16H24N4O2/c21-15(19-12-4-1-2-5-12)20-13-6-8-14(9-7-13)22-16-17-10-3-11-18-16/h3,10-14H,1-2,4-9H2,(H2,19,20,21). The molecular weight excluding hydrogens is 280 g/mol. The number of amides is 2. The van der Waals surface area contributed by atoms with Crippen molar-refractivity contribution in [2.75, 3.05) is 0 Å². The molecule has 0 unspecified atom stereocenters. The minimum absolute atomic E-state index is 0.0114. The van der Waals surface area contributed by atoms with Gasteiger partial charge in [0.2, 0.25) is 0 Å². The highest BCUT2D eigenvalue weighted by molar-refractivity contribution is 5.74. The zero-order chi connectivity index (χ0) is 15.2. The van der Waals surface area contributed by atoms with Crippen molar-refractivity contribution in [1.29, 1.82) is 0 Å². The second-order valence-electron chi connectivity index (χ2n) is 6.22. The van der Waals surface area contributed by atoms with Crippen LogP contribution in [0, 0.1) is 0 Å². The highest BCUT2D eigenvalue weighted by Crippen LogP contribution is 2.22. The highest BCUT2D eigenvalue weighted by atomic mass is 16.5. The number of carbonyl (C=O) groups excluding carboxylic acids is 1. The van der Waals surface area contributed by atoms with Crippen LogP contribution in [-0.2, 0) is 0 Å². The molecule has 0 aliphatic heterocycles. The third kappa shape index (κ3) is 4.32. The molecule has 6 heteroatoms. The third-order valence-electron chi connectivity index (χ3n) is 4.51. The van der Waals surface area contributed by atoms with E-state index < -0.39 is 0 Å². The predicted octanol–water partition coefficient (Wildman–Crippen LogP) is 2.41. The second kappa shape index (κ2) is 7.42. The van der Waals surface area contributed by atoms with Gasteiger partial charge in [0.15, 0.2) is 0 Å². The molecule has 22 heavy (non-hydrogen) atoms. The van der Waals surface area contributed by atoms with E-state index in [0.717, 1.165) is 38.5 Å². The number of aromatic nitrogens is 2. The zero-order valence-electron chi connectivity index (χ0n) is 12.8. The molecule has 1 aromatic heterocycles. The van der Waals surface area contributed by atoms with Crippen molar-refractivity contribution >= 4 is 6.03 Å². The Kier molecular flexibility index (Phi) is 5.08. The smallest absolute Gasteiger partial charge is 0.316 e. The number of ether oxygens (including phenoxy) is 1. The molecule has 1 aromatic rings. The van der Waals surface area contributed by atoms with E-state index in [9.17, 15) is 4.79 Å². The van der Waals surface area contributed by atoms with Crippen LogP contribution in [0.25, 0.3) is 0 Å². The summed E-state index contributed by atoms with van der Waals surface area (Å²) in [6, 6.07) is 2.82. The maximum Gasteiger partial charge on any atom is 0.316 e. The van der Waals surface area contributed by atoms with Crippen molar-refractivity contribution in [1.82, 2.24) is 20.6 Å². The molecule has 0 saturated heterocycles. The molecule has 6 nitrogen and oxygen atoms in total. The molecule has 120 valence electrons. The fraction of sp³-hybridized carbons (Fsp3) is 0.688. The van der Waals surface area contributed by atoms with Gasteiger partial charge in [0.1, 0.15) is 6.10 Å². The highest BCUT2D eigenvalue weighted by Gasteiger charge is 2.25. The average molecular weight is 304 g/mol. The van der Waals surface area contributed by atoms with Gasteiger partial charge in [-0.05, 0) is 44.6 Å². The molecule has 0 spiro atoms. The summed E-state index contributed by atoms with van der Waals surface area (Å²) in [6.45, 7) is 0. The molecule has 0 radical (unpaired) electrons. The Balaban J connectivity index is 1.37. The molecule has 2 aliphatic carbocycles. The first-order valence-corrected chi connectivity index (χ1v) is 8.30. The van der Waals surface area contributed by atoms with Crippen molar-refractivity contribution in [3.05, 3.63) is 18.5 Å². The average Bonchev–Trinajstić information content (AvgIpc) is 3.03. The summed E-state index contributed by atoms with van der Waals surface area (Å²) in [5.74, 6) is 0. The Morgan fingerprint density at radius 1 is 0.955 bits per heavy atom. The molecule has 3 rings (SSSR count). The van der Waals surface area contributed by atoms with E-state index in [0.29, 0.717) is 12.1 Å². The van der Waals surface area contributed by atoms with E-state index in [2.05, 4.69) is 20.6 Å². The van der Waals surface area contributed by atoms with Crippen molar-refractivity contribution in [2.45, 2.75) is 69.6 Å². The van der Waals surface area contributed by atoms with Crippen molar-refractivity contribution in [2.24, 2.45) is 0 Å². The predicted molar refractivity (Wildman–Crippen MR) is 82.6 cm³/mol. The fourth-order valence-electron chi connectivity index (χ4n) is 3.30. The van der Waals surface area contributed by atoms with Gasteiger partial charge in [0.25, 0.3) is 0 Å². The third-order valence-corrected chi connectivity index (χ3v) is 4.51. The summed E-state index contributed by atoms with van der Waals surface area (Å²) in [5, 5.41) is 6.17. The normalized spacial score (nSPS) is 25.6. The number of nitrogens with one attached hydrogen (secondary N) is 2. The number of hydrogen-bond donors (Lipinski definition) is 2. The number of hydrogen-bond acceptors (Lipinski definition) is 4. The SMILES string of the molecule is O=C(NC1CCCC1)NC1CCC(Oc2ncccn2)CC1. The monoisotopic (exact) mass is 304 g/mol. The zero-order valence-corrected chi connectivity index (χ0v) is 12.8. The molecule has 2 aliphatic rings.